The Morgan fingerprint density at radius 1 is 1.00 bits per heavy atom. The summed E-state index contributed by atoms with van der Waals surface area (Å²) in [7, 11) is 0. The fourth-order valence-electron chi connectivity index (χ4n) is 2.54. The van der Waals surface area contributed by atoms with E-state index in [1.807, 2.05) is 6.07 Å². The Bertz CT molecular complexity index is 736. The van der Waals surface area contributed by atoms with Crippen molar-refractivity contribution < 1.29 is 18.0 Å². The van der Waals surface area contributed by atoms with E-state index >= 15 is 0 Å². The van der Waals surface area contributed by atoms with E-state index in [9.17, 15) is 18.0 Å². The zero-order chi connectivity index (χ0) is 15.9. The zero-order valence-electron chi connectivity index (χ0n) is 11.5. The van der Waals surface area contributed by atoms with Gasteiger partial charge in [0.05, 0.1) is 16.9 Å². The molecule has 1 heterocycles. The number of fused-ring (bicyclic) bond motifs is 1. The minimum absolute atomic E-state index is 0.0820. The third-order valence-corrected chi connectivity index (χ3v) is 3.68. The summed E-state index contributed by atoms with van der Waals surface area (Å²) in [6, 6.07) is 8.46. The van der Waals surface area contributed by atoms with Gasteiger partial charge in [0, 0.05) is 6.42 Å². The maximum absolute atomic E-state index is 12.6. The molecule has 1 amide bonds. The van der Waals surface area contributed by atoms with Gasteiger partial charge in [-0.15, -0.1) is 0 Å². The topological polar surface area (TPSA) is 55.1 Å². The summed E-state index contributed by atoms with van der Waals surface area (Å²) >= 11 is 0. The van der Waals surface area contributed by atoms with Gasteiger partial charge < -0.3 is 11.1 Å². The van der Waals surface area contributed by atoms with Crippen molar-refractivity contribution in [1.29, 1.82) is 0 Å². The van der Waals surface area contributed by atoms with Gasteiger partial charge in [0.25, 0.3) is 0 Å². The number of hydrogen-bond donors (Lipinski definition) is 2. The van der Waals surface area contributed by atoms with Crippen molar-refractivity contribution >= 4 is 17.3 Å². The van der Waals surface area contributed by atoms with Crippen molar-refractivity contribution in [3.63, 3.8) is 0 Å². The number of hydrogen-bond acceptors (Lipinski definition) is 2. The Morgan fingerprint density at radius 2 is 1.68 bits per heavy atom. The molecule has 0 saturated heterocycles. The molecule has 1 aliphatic heterocycles. The minimum atomic E-state index is -4.35. The highest BCUT2D eigenvalue weighted by Crippen LogP contribution is 2.35. The number of amides is 1. The number of benzene rings is 2. The van der Waals surface area contributed by atoms with Crippen LogP contribution in [0.1, 0.15) is 17.5 Å². The lowest BCUT2D eigenvalue weighted by molar-refractivity contribution is -0.137. The van der Waals surface area contributed by atoms with E-state index in [1.54, 1.807) is 6.07 Å². The van der Waals surface area contributed by atoms with E-state index in [4.69, 9.17) is 5.73 Å². The predicted octanol–water partition coefficient (Wildman–Crippen LogP) is 3.84. The quantitative estimate of drug-likeness (QED) is 0.787. The summed E-state index contributed by atoms with van der Waals surface area (Å²) in [5.74, 6) is -0.0820. The fraction of sp³-hybridized carbons (Fsp3) is 0.188. The summed E-state index contributed by atoms with van der Waals surface area (Å²) in [6.07, 6.45) is -3.40. The molecule has 6 heteroatoms. The Kier molecular flexibility index (Phi) is 3.31. The number of nitrogens with two attached hydrogens (primary N) is 1. The van der Waals surface area contributed by atoms with Crippen LogP contribution >= 0.6 is 0 Å². The second-order valence-corrected chi connectivity index (χ2v) is 5.22. The Morgan fingerprint density at radius 3 is 2.32 bits per heavy atom. The number of anilines is 2. The molecular formula is C16H13F3N2O. The summed E-state index contributed by atoms with van der Waals surface area (Å²) in [5, 5.41) is 2.72. The van der Waals surface area contributed by atoms with Crippen LogP contribution in [0.4, 0.5) is 24.5 Å². The molecule has 2 aromatic carbocycles. The molecule has 22 heavy (non-hydrogen) atoms. The molecule has 3 rings (SSSR count). The van der Waals surface area contributed by atoms with Crippen molar-refractivity contribution in [2.24, 2.45) is 0 Å². The molecule has 2 aromatic rings. The van der Waals surface area contributed by atoms with Crippen LogP contribution in [0.25, 0.3) is 11.1 Å². The second-order valence-electron chi connectivity index (χ2n) is 5.22. The number of alkyl halides is 3. The molecule has 3 nitrogen and oxygen atoms in total. The van der Waals surface area contributed by atoms with E-state index in [-0.39, 0.29) is 5.91 Å². The van der Waals surface area contributed by atoms with E-state index in [2.05, 4.69) is 5.32 Å². The number of aryl methyl sites for hydroxylation is 1. The summed E-state index contributed by atoms with van der Waals surface area (Å²) < 4.78 is 37.8. The number of nitrogens with one attached hydrogen (secondary N) is 1. The molecule has 0 atom stereocenters. The first-order valence-corrected chi connectivity index (χ1v) is 6.74. The molecule has 0 unspecified atom stereocenters. The summed E-state index contributed by atoms with van der Waals surface area (Å²) in [6.45, 7) is 0. The van der Waals surface area contributed by atoms with Crippen LogP contribution in [0.5, 0.6) is 0 Å². The van der Waals surface area contributed by atoms with Crippen LogP contribution in [-0.2, 0) is 17.4 Å². The molecular weight excluding hydrogens is 293 g/mol. The predicted molar refractivity (Wildman–Crippen MR) is 78.2 cm³/mol. The highest BCUT2D eigenvalue weighted by Gasteiger charge is 2.30. The number of rotatable bonds is 1. The zero-order valence-corrected chi connectivity index (χ0v) is 11.5. The smallest absolute Gasteiger partial charge is 0.397 e. The lowest BCUT2D eigenvalue weighted by Gasteiger charge is -2.20. The van der Waals surface area contributed by atoms with Gasteiger partial charge >= 0.3 is 6.18 Å². The largest absolute Gasteiger partial charge is 0.416 e. The molecule has 0 fully saturated rings. The van der Waals surface area contributed by atoms with Gasteiger partial charge in [0.2, 0.25) is 5.91 Å². The van der Waals surface area contributed by atoms with Gasteiger partial charge in [-0.25, -0.2) is 0 Å². The van der Waals surface area contributed by atoms with Crippen molar-refractivity contribution in [3.8, 4) is 11.1 Å². The van der Waals surface area contributed by atoms with E-state index in [0.29, 0.717) is 29.8 Å². The van der Waals surface area contributed by atoms with Gasteiger partial charge in [-0.05, 0) is 47.4 Å². The summed E-state index contributed by atoms with van der Waals surface area (Å²) in [4.78, 5) is 11.4. The average Bonchev–Trinajstić information content (AvgIpc) is 2.47. The van der Waals surface area contributed by atoms with Crippen LogP contribution in [0.15, 0.2) is 36.4 Å². The Balaban J connectivity index is 1.99. The lowest BCUT2D eigenvalue weighted by atomic mass is 9.95. The first-order valence-electron chi connectivity index (χ1n) is 6.74. The number of halogens is 3. The number of carbonyl (C=O) groups is 1. The summed E-state index contributed by atoms with van der Waals surface area (Å²) in [5.41, 5.74) is 8.57. The molecule has 0 saturated carbocycles. The molecule has 114 valence electrons. The van der Waals surface area contributed by atoms with E-state index in [0.717, 1.165) is 23.3 Å². The SMILES string of the molecule is Nc1cc(-c2ccc(C(F)(F)F)cc2)cc2c1NC(=O)CC2. The first-order chi connectivity index (χ1) is 10.3. The van der Waals surface area contributed by atoms with Crippen LogP contribution in [0.3, 0.4) is 0 Å². The van der Waals surface area contributed by atoms with E-state index in [1.165, 1.54) is 12.1 Å². The second kappa shape index (κ2) is 5.05. The number of nitrogen functional groups attached to an aromatic ring is 1. The highest BCUT2D eigenvalue weighted by molar-refractivity contribution is 5.98. The Labute approximate surface area is 124 Å². The van der Waals surface area contributed by atoms with Crippen LogP contribution in [-0.4, -0.2) is 5.91 Å². The van der Waals surface area contributed by atoms with Crippen molar-refractivity contribution in [1.82, 2.24) is 0 Å². The van der Waals surface area contributed by atoms with Gasteiger partial charge in [-0.3, -0.25) is 4.79 Å². The Hall–Kier alpha value is -2.50. The molecule has 0 aromatic heterocycles. The monoisotopic (exact) mass is 306 g/mol. The van der Waals surface area contributed by atoms with Gasteiger partial charge in [0.1, 0.15) is 0 Å². The molecule has 1 aliphatic rings. The molecule has 0 bridgehead atoms. The molecule has 0 radical (unpaired) electrons. The third-order valence-electron chi connectivity index (χ3n) is 3.68. The maximum atomic E-state index is 12.6. The normalized spacial score (nSPS) is 14.4. The third kappa shape index (κ3) is 2.64. The highest BCUT2D eigenvalue weighted by atomic mass is 19.4. The molecule has 0 aliphatic carbocycles. The standard InChI is InChI=1S/C16H13F3N2O/c17-16(18,19)12-4-1-9(2-5-12)11-7-10-3-6-14(22)21-15(10)13(20)8-11/h1-2,4-5,7-8H,3,6,20H2,(H,21,22). The van der Waals surface area contributed by atoms with Gasteiger partial charge in [-0.2, -0.15) is 13.2 Å². The lowest BCUT2D eigenvalue weighted by Crippen LogP contribution is -2.20. The minimum Gasteiger partial charge on any atom is -0.397 e. The van der Waals surface area contributed by atoms with Crippen molar-refractivity contribution in [2.45, 2.75) is 19.0 Å². The fourth-order valence-corrected chi connectivity index (χ4v) is 2.54. The van der Waals surface area contributed by atoms with Crippen molar-refractivity contribution in [3.05, 3.63) is 47.5 Å². The van der Waals surface area contributed by atoms with Crippen LogP contribution in [0.2, 0.25) is 0 Å². The molecule has 3 N–H and O–H groups in total. The van der Waals surface area contributed by atoms with Gasteiger partial charge in [0.15, 0.2) is 0 Å². The van der Waals surface area contributed by atoms with Crippen LogP contribution in [0, 0.1) is 0 Å². The maximum Gasteiger partial charge on any atom is 0.416 e. The van der Waals surface area contributed by atoms with E-state index < -0.39 is 11.7 Å². The average molecular weight is 306 g/mol. The molecule has 0 spiro atoms. The van der Waals surface area contributed by atoms with Gasteiger partial charge in [-0.1, -0.05) is 12.1 Å². The van der Waals surface area contributed by atoms with Crippen molar-refractivity contribution in [2.75, 3.05) is 11.1 Å². The van der Waals surface area contributed by atoms with Crippen LogP contribution < -0.4 is 11.1 Å². The number of carbonyl (C=O) groups excluding carboxylic acids is 1. The first kappa shape index (κ1) is 14.4.